The Morgan fingerprint density at radius 1 is 0.967 bits per heavy atom. The van der Waals surface area contributed by atoms with E-state index in [-0.39, 0.29) is 5.91 Å². The van der Waals surface area contributed by atoms with Crippen LogP contribution in [0.15, 0.2) is 53.4 Å². The quantitative estimate of drug-likeness (QED) is 0.654. The lowest BCUT2D eigenvalue weighted by Gasteiger charge is -2.33. The fourth-order valence-corrected chi connectivity index (χ4v) is 5.08. The van der Waals surface area contributed by atoms with Crippen LogP contribution in [-0.2, 0) is 21.2 Å². The largest absolute Gasteiger partial charge is 0.355 e. The fourth-order valence-electron chi connectivity index (χ4n) is 3.58. The third kappa shape index (κ3) is 5.90. The van der Waals surface area contributed by atoms with Gasteiger partial charge in [-0.2, -0.15) is 4.31 Å². The predicted molar refractivity (Wildman–Crippen MR) is 119 cm³/mol. The van der Waals surface area contributed by atoms with E-state index in [2.05, 4.69) is 17.4 Å². The number of amides is 1. The summed E-state index contributed by atoms with van der Waals surface area (Å²) in [5.74, 6) is -0.00599. The summed E-state index contributed by atoms with van der Waals surface area (Å²) in [4.78, 5) is 14.6. The molecule has 0 aliphatic carbocycles. The maximum absolute atomic E-state index is 12.9. The first-order valence-electron chi connectivity index (χ1n) is 10.5. The Balaban J connectivity index is 1.41. The SMILES string of the molecule is Cc1ccc(S(=O)(=O)N2CCN(CC(=O)NCCCc3ccccc3)CC2)cc1C. The minimum Gasteiger partial charge on any atom is -0.355 e. The zero-order valence-electron chi connectivity index (χ0n) is 17.8. The van der Waals surface area contributed by atoms with Crippen LogP contribution in [0.5, 0.6) is 0 Å². The second kappa shape index (κ2) is 10.2. The van der Waals surface area contributed by atoms with Gasteiger partial charge in [0.05, 0.1) is 11.4 Å². The number of piperazine rings is 1. The molecule has 2 aromatic rings. The topological polar surface area (TPSA) is 69.7 Å². The Bertz CT molecular complexity index is 953. The van der Waals surface area contributed by atoms with Crippen LogP contribution in [0.1, 0.15) is 23.1 Å². The molecular weight excluding hydrogens is 398 g/mol. The van der Waals surface area contributed by atoms with E-state index >= 15 is 0 Å². The molecule has 0 unspecified atom stereocenters. The average Bonchev–Trinajstić information content (AvgIpc) is 2.74. The highest BCUT2D eigenvalue weighted by atomic mass is 32.2. The second-order valence-electron chi connectivity index (χ2n) is 7.87. The second-order valence-corrected chi connectivity index (χ2v) is 9.80. The lowest BCUT2D eigenvalue weighted by atomic mass is 10.1. The molecule has 2 aromatic carbocycles. The predicted octanol–water partition coefficient (Wildman–Crippen LogP) is 2.36. The van der Waals surface area contributed by atoms with Gasteiger partial charge < -0.3 is 5.32 Å². The first-order valence-corrected chi connectivity index (χ1v) is 11.9. The van der Waals surface area contributed by atoms with E-state index in [9.17, 15) is 13.2 Å². The lowest BCUT2D eigenvalue weighted by Crippen LogP contribution is -2.51. The van der Waals surface area contributed by atoms with Crippen molar-refractivity contribution in [3.8, 4) is 0 Å². The van der Waals surface area contributed by atoms with Gasteiger partial charge in [0.15, 0.2) is 0 Å². The molecular formula is C23H31N3O3S. The van der Waals surface area contributed by atoms with Crippen LogP contribution in [0, 0.1) is 13.8 Å². The smallest absolute Gasteiger partial charge is 0.243 e. The Kier molecular flexibility index (Phi) is 7.64. The van der Waals surface area contributed by atoms with Gasteiger partial charge in [0.25, 0.3) is 0 Å². The molecule has 0 bridgehead atoms. The van der Waals surface area contributed by atoms with Crippen LogP contribution >= 0.6 is 0 Å². The molecule has 30 heavy (non-hydrogen) atoms. The first kappa shape index (κ1) is 22.5. The molecule has 0 atom stereocenters. The highest BCUT2D eigenvalue weighted by Gasteiger charge is 2.29. The fraction of sp³-hybridized carbons (Fsp3) is 0.435. The number of nitrogens with one attached hydrogen (secondary N) is 1. The minimum absolute atomic E-state index is 0.00599. The maximum Gasteiger partial charge on any atom is 0.243 e. The van der Waals surface area contributed by atoms with E-state index in [1.165, 1.54) is 9.87 Å². The van der Waals surface area contributed by atoms with Gasteiger partial charge in [-0.3, -0.25) is 9.69 Å². The van der Waals surface area contributed by atoms with Crippen LogP contribution in [0.2, 0.25) is 0 Å². The van der Waals surface area contributed by atoms with Crippen LogP contribution < -0.4 is 5.32 Å². The Hall–Kier alpha value is -2.22. The molecule has 1 N–H and O–H groups in total. The van der Waals surface area contributed by atoms with Gasteiger partial charge in [-0.05, 0) is 55.5 Å². The minimum atomic E-state index is -3.49. The third-order valence-corrected chi connectivity index (χ3v) is 7.52. The average molecular weight is 430 g/mol. The first-order chi connectivity index (χ1) is 14.4. The molecule has 1 heterocycles. The number of nitrogens with zero attached hydrogens (tertiary/aromatic N) is 2. The number of sulfonamides is 1. The van der Waals surface area contributed by atoms with Gasteiger partial charge in [0.2, 0.25) is 15.9 Å². The molecule has 0 aromatic heterocycles. The van der Waals surface area contributed by atoms with Crippen molar-refractivity contribution >= 4 is 15.9 Å². The van der Waals surface area contributed by atoms with Gasteiger partial charge in [-0.1, -0.05) is 36.4 Å². The highest BCUT2D eigenvalue weighted by molar-refractivity contribution is 7.89. The third-order valence-electron chi connectivity index (χ3n) is 5.62. The molecule has 7 heteroatoms. The molecule has 1 fully saturated rings. The van der Waals surface area contributed by atoms with Crippen molar-refractivity contribution in [1.82, 2.24) is 14.5 Å². The summed E-state index contributed by atoms with van der Waals surface area (Å²) in [6.45, 7) is 6.76. The number of carbonyl (C=O) groups excluding carboxylic acids is 1. The normalized spacial score (nSPS) is 15.8. The van der Waals surface area contributed by atoms with E-state index in [0.717, 1.165) is 24.0 Å². The van der Waals surface area contributed by atoms with Crippen molar-refractivity contribution in [1.29, 1.82) is 0 Å². The van der Waals surface area contributed by atoms with Crippen molar-refractivity contribution in [3.63, 3.8) is 0 Å². The molecule has 3 rings (SSSR count). The summed E-state index contributed by atoms with van der Waals surface area (Å²) in [6.07, 6.45) is 1.84. The van der Waals surface area contributed by atoms with Gasteiger partial charge in [-0.15, -0.1) is 0 Å². The summed E-state index contributed by atoms with van der Waals surface area (Å²) in [5, 5.41) is 2.97. The van der Waals surface area contributed by atoms with Crippen molar-refractivity contribution < 1.29 is 13.2 Å². The molecule has 6 nitrogen and oxygen atoms in total. The van der Waals surface area contributed by atoms with Crippen molar-refractivity contribution in [2.24, 2.45) is 0 Å². The van der Waals surface area contributed by atoms with Crippen molar-refractivity contribution in [2.45, 2.75) is 31.6 Å². The van der Waals surface area contributed by atoms with Crippen LogP contribution in [0.3, 0.4) is 0 Å². The number of carbonyl (C=O) groups is 1. The van der Waals surface area contributed by atoms with Gasteiger partial charge in [0, 0.05) is 32.7 Å². The molecule has 0 spiro atoms. The molecule has 1 amide bonds. The van der Waals surface area contributed by atoms with Crippen LogP contribution in [-0.4, -0.2) is 62.8 Å². The van der Waals surface area contributed by atoms with E-state index in [0.29, 0.717) is 44.2 Å². The molecule has 1 aliphatic rings. The summed E-state index contributed by atoms with van der Waals surface area (Å²) in [6, 6.07) is 15.5. The summed E-state index contributed by atoms with van der Waals surface area (Å²) in [5.41, 5.74) is 3.32. The molecule has 0 saturated carbocycles. The van der Waals surface area contributed by atoms with Gasteiger partial charge >= 0.3 is 0 Å². The van der Waals surface area contributed by atoms with E-state index < -0.39 is 10.0 Å². The van der Waals surface area contributed by atoms with E-state index in [4.69, 9.17) is 0 Å². The molecule has 162 valence electrons. The zero-order valence-corrected chi connectivity index (χ0v) is 18.6. The van der Waals surface area contributed by atoms with Crippen LogP contribution in [0.25, 0.3) is 0 Å². The Morgan fingerprint density at radius 3 is 2.33 bits per heavy atom. The van der Waals surface area contributed by atoms with Crippen molar-refractivity contribution in [2.75, 3.05) is 39.3 Å². The van der Waals surface area contributed by atoms with Crippen LogP contribution in [0.4, 0.5) is 0 Å². The van der Waals surface area contributed by atoms with Crippen molar-refractivity contribution in [3.05, 3.63) is 65.2 Å². The summed E-state index contributed by atoms with van der Waals surface area (Å²) < 4.78 is 27.3. The molecule has 0 radical (unpaired) electrons. The lowest BCUT2D eigenvalue weighted by molar-refractivity contribution is -0.122. The molecule has 1 aliphatic heterocycles. The highest BCUT2D eigenvalue weighted by Crippen LogP contribution is 2.20. The molecule has 1 saturated heterocycles. The Labute approximate surface area is 179 Å². The van der Waals surface area contributed by atoms with E-state index in [1.54, 1.807) is 12.1 Å². The maximum atomic E-state index is 12.9. The number of hydrogen-bond acceptors (Lipinski definition) is 4. The standard InChI is InChI=1S/C23H31N3O3S/c1-19-10-11-22(17-20(19)2)30(28,29)26-15-13-25(14-16-26)18-23(27)24-12-6-9-21-7-4-3-5-8-21/h3-5,7-8,10-11,17H,6,9,12-16,18H2,1-2H3,(H,24,27). The Morgan fingerprint density at radius 2 is 1.67 bits per heavy atom. The number of benzene rings is 2. The summed E-state index contributed by atoms with van der Waals surface area (Å²) >= 11 is 0. The number of hydrogen-bond donors (Lipinski definition) is 1. The zero-order chi connectivity index (χ0) is 21.6. The van der Waals surface area contributed by atoms with Gasteiger partial charge in [-0.25, -0.2) is 8.42 Å². The van der Waals surface area contributed by atoms with Gasteiger partial charge in [0.1, 0.15) is 0 Å². The monoisotopic (exact) mass is 429 g/mol. The summed E-state index contributed by atoms with van der Waals surface area (Å²) in [7, 11) is -3.49. The number of aryl methyl sites for hydroxylation is 3. The van der Waals surface area contributed by atoms with E-state index in [1.807, 2.05) is 43.0 Å². The number of rotatable bonds is 8.